The molecular formula is C18H21N. The van der Waals surface area contributed by atoms with Crippen LogP contribution in [0, 0.1) is 0 Å². The van der Waals surface area contributed by atoms with E-state index in [0.717, 1.165) is 6.42 Å². The number of hydrogen-bond donors (Lipinski definition) is 1. The summed E-state index contributed by atoms with van der Waals surface area (Å²) in [6.07, 6.45) is 4.78. The molecule has 0 aliphatic heterocycles. The van der Waals surface area contributed by atoms with E-state index in [-0.39, 0.29) is 5.54 Å². The van der Waals surface area contributed by atoms with Crippen LogP contribution in [0.4, 0.5) is 0 Å². The largest absolute Gasteiger partial charge is 0.321 e. The van der Waals surface area contributed by atoms with Crippen LogP contribution in [0.25, 0.3) is 0 Å². The van der Waals surface area contributed by atoms with Crippen molar-refractivity contribution in [1.82, 2.24) is 0 Å². The van der Waals surface area contributed by atoms with Gasteiger partial charge in [-0.3, -0.25) is 0 Å². The zero-order chi connectivity index (χ0) is 13.1. The Morgan fingerprint density at radius 1 is 0.842 bits per heavy atom. The van der Waals surface area contributed by atoms with E-state index in [0.29, 0.717) is 5.92 Å². The van der Waals surface area contributed by atoms with E-state index in [4.69, 9.17) is 5.73 Å². The van der Waals surface area contributed by atoms with Crippen molar-refractivity contribution in [2.75, 3.05) is 0 Å². The van der Waals surface area contributed by atoms with Crippen LogP contribution in [0.1, 0.15) is 42.7 Å². The Hall–Kier alpha value is -1.60. The summed E-state index contributed by atoms with van der Waals surface area (Å²) >= 11 is 0. The molecule has 0 heterocycles. The van der Waals surface area contributed by atoms with Gasteiger partial charge in [0, 0.05) is 11.5 Å². The van der Waals surface area contributed by atoms with Gasteiger partial charge in [-0.15, -0.1) is 0 Å². The molecule has 0 spiro atoms. The lowest BCUT2D eigenvalue weighted by Gasteiger charge is -2.42. The molecular weight excluding hydrogens is 230 g/mol. The number of rotatable bonds is 2. The first kappa shape index (κ1) is 12.4. The van der Waals surface area contributed by atoms with Gasteiger partial charge in [0.25, 0.3) is 0 Å². The SMILES string of the molecule is NC1(c2ccccc2)CCCCC1c1ccccc1. The zero-order valence-electron chi connectivity index (χ0n) is 11.3. The van der Waals surface area contributed by atoms with Crippen molar-refractivity contribution in [3.63, 3.8) is 0 Å². The third-order valence-electron chi connectivity index (χ3n) is 4.47. The molecule has 0 saturated heterocycles. The summed E-state index contributed by atoms with van der Waals surface area (Å²) in [5.41, 5.74) is 9.31. The lowest BCUT2D eigenvalue weighted by atomic mass is 9.67. The van der Waals surface area contributed by atoms with E-state index >= 15 is 0 Å². The summed E-state index contributed by atoms with van der Waals surface area (Å²) in [6, 6.07) is 21.4. The summed E-state index contributed by atoms with van der Waals surface area (Å²) in [4.78, 5) is 0. The van der Waals surface area contributed by atoms with Crippen molar-refractivity contribution in [3.05, 3.63) is 71.8 Å². The second kappa shape index (κ2) is 5.18. The fourth-order valence-electron chi connectivity index (χ4n) is 3.44. The third-order valence-corrected chi connectivity index (χ3v) is 4.47. The van der Waals surface area contributed by atoms with Gasteiger partial charge in [0.2, 0.25) is 0 Å². The topological polar surface area (TPSA) is 26.0 Å². The van der Waals surface area contributed by atoms with Crippen LogP contribution in [0.5, 0.6) is 0 Å². The average Bonchev–Trinajstić information content (AvgIpc) is 2.49. The minimum atomic E-state index is -0.207. The first-order chi connectivity index (χ1) is 9.31. The molecule has 1 fully saturated rings. The highest BCUT2D eigenvalue weighted by Crippen LogP contribution is 2.45. The third kappa shape index (κ3) is 2.31. The first-order valence-electron chi connectivity index (χ1n) is 7.20. The summed E-state index contributed by atoms with van der Waals surface area (Å²) < 4.78 is 0. The molecule has 1 saturated carbocycles. The molecule has 0 amide bonds. The Morgan fingerprint density at radius 2 is 1.47 bits per heavy atom. The first-order valence-corrected chi connectivity index (χ1v) is 7.20. The molecule has 2 aromatic carbocycles. The van der Waals surface area contributed by atoms with Crippen LogP contribution >= 0.6 is 0 Å². The molecule has 1 aliphatic rings. The van der Waals surface area contributed by atoms with E-state index in [1.54, 1.807) is 0 Å². The van der Waals surface area contributed by atoms with Gasteiger partial charge in [0.05, 0.1) is 0 Å². The van der Waals surface area contributed by atoms with Gasteiger partial charge in [-0.25, -0.2) is 0 Å². The van der Waals surface area contributed by atoms with Crippen LogP contribution in [0.2, 0.25) is 0 Å². The van der Waals surface area contributed by atoms with Crippen molar-refractivity contribution in [3.8, 4) is 0 Å². The molecule has 0 bridgehead atoms. The fourth-order valence-corrected chi connectivity index (χ4v) is 3.44. The minimum absolute atomic E-state index is 0.207. The Morgan fingerprint density at radius 3 is 2.16 bits per heavy atom. The van der Waals surface area contributed by atoms with Crippen molar-refractivity contribution in [1.29, 1.82) is 0 Å². The van der Waals surface area contributed by atoms with Gasteiger partial charge in [0.1, 0.15) is 0 Å². The molecule has 0 aromatic heterocycles. The summed E-state index contributed by atoms with van der Waals surface area (Å²) in [5.74, 6) is 0.435. The Kier molecular flexibility index (Phi) is 3.39. The molecule has 0 radical (unpaired) electrons. The van der Waals surface area contributed by atoms with E-state index in [9.17, 15) is 0 Å². The molecule has 2 N–H and O–H groups in total. The second-order valence-electron chi connectivity index (χ2n) is 5.62. The molecule has 98 valence electrons. The average molecular weight is 251 g/mol. The van der Waals surface area contributed by atoms with Crippen LogP contribution in [0.3, 0.4) is 0 Å². The highest BCUT2D eigenvalue weighted by Gasteiger charge is 2.39. The van der Waals surface area contributed by atoms with Gasteiger partial charge >= 0.3 is 0 Å². The maximum atomic E-state index is 6.86. The number of nitrogens with two attached hydrogens (primary N) is 1. The van der Waals surface area contributed by atoms with Crippen molar-refractivity contribution >= 4 is 0 Å². The lowest BCUT2D eigenvalue weighted by Crippen LogP contribution is -2.44. The summed E-state index contributed by atoms with van der Waals surface area (Å²) in [6.45, 7) is 0. The van der Waals surface area contributed by atoms with Crippen LogP contribution in [-0.4, -0.2) is 0 Å². The molecule has 2 unspecified atom stereocenters. The predicted molar refractivity (Wildman–Crippen MR) is 80.0 cm³/mol. The number of hydrogen-bond acceptors (Lipinski definition) is 1. The Balaban J connectivity index is 2.02. The molecule has 3 rings (SSSR count). The standard InChI is InChI=1S/C18H21N/c19-18(16-11-5-2-6-12-16)14-8-7-13-17(18)15-9-3-1-4-10-15/h1-6,9-12,17H,7-8,13-14,19H2. The predicted octanol–water partition coefficient (Wildman–Crippen LogP) is 4.20. The van der Waals surface area contributed by atoms with Crippen LogP contribution in [-0.2, 0) is 5.54 Å². The summed E-state index contributed by atoms with van der Waals surface area (Å²) in [7, 11) is 0. The normalized spacial score (nSPS) is 27.1. The summed E-state index contributed by atoms with van der Waals surface area (Å²) in [5, 5.41) is 0. The second-order valence-corrected chi connectivity index (χ2v) is 5.62. The Labute approximate surface area is 115 Å². The van der Waals surface area contributed by atoms with Gasteiger partial charge in [-0.2, -0.15) is 0 Å². The lowest BCUT2D eigenvalue weighted by molar-refractivity contribution is 0.254. The van der Waals surface area contributed by atoms with Gasteiger partial charge in [-0.05, 0) is 24.0 Å². The smallest absolute Gasteiger partial charge is 0.0479 e. The van der Waals surface area contributed by atoms with E-state index in [1.165, 1.54) is 30.4 Å². The molecule has 2 aromatic rings. The van der Waals surface area contributed by atoms with E-state index < -0.39 is 0 Å². The van der Waals surface area contributed by atoms with E-state index in [2.05, 4.69) is 60.7 Å². The van der Waals surface area contributed by atoms with Crippen molar-refractivity contribution < 1.29 is 0 Å². The fraction of sp³-hybridized carbons (Fsp3) is 0.333. The molecule has 1 heteroatoms. The van der Waals surface area contributed by atoms with Gasteiger partial charge in [-0.1, -0.05) is 73.5 Å². The molecule has 1 aliphatic carbocycles. The minimum Gasteiger partial charge on any atom is -0.321 e. The molecule has 19 heavy (non-hydrogen) atoms. The highest BCUT2D eigenvalue weighted by molar-refractivity contribution is 5.33. The molecule has 1 nitrogen and oxygen atoms in total. The van der Waals surface area contributed by atoms with Gasteiger partial charge in [0.15, 0.2) is 0 Å². The van der Waals surface area contributed by atoms with Crippen LogP contribution < -0.4 is 5.73 Å². The highest BCUT2D eigenvalue weighted by atomic mass is 14.8. The maximum Gasteiger partial charge on any atom is 0.0479 e. The van der Waals surface area contributed by atoms with Crippen LogP contribution in [0.15, 0.2) is 60.7 Å². The Bertz CT molecular complexity index is 520. The zero-order valence-corrected chi connectivity index (χ0v) is 11.3. The molecule has 2 atom stereocenters. The van der Waals surface area contributed by atoms with Crippen molar-refractivity contribution in [2.45, 2.75) is 37.1 Å². The maximum absolute atomic E-state index is 6.86. The van der Waals surface area contributed by atoms with Gasteiger partial charge < -0.3 is 5.73 Å². The monoisotopic (exact) mass is 251 g/mol. The van der Waals surface area contributed by atoms with E-state index in [1.807, 2.05) is 0 Å². The quantitative estimate of drug-likeness (QED) is 0.850. The van der Waals surface area contributed by atoms with Crippen molar-refractivity contribution in [2.24, 2.45) is 5.73 Å². The number of benzene rings is 2.